The van der Waals surface area contributed by atoms with Gasteiger partial charge in [-0.3, -0.25) is 4.68 Å². The van der Waals surface area contributed by atoms with Gasteiger partial charge in [-0.2, -0.15) is 10.2 Å². The van der Waals surface area contributed by atoms with Gasteiger partial charge in [0.25, 0.3) is 0 Å². The Morgan fingerprint density at radius 1 is 0.968 bits per heavy atom. The highest BCUT2D eigenvalue weighted by Gasteiger charge is 2.16. The van der Waals surface area contributed by atoms with Crippen LogP contribution >= 0.6 is 0 Å². The fraction of sp³-hybridized carbons (Fsp3) is 0.250. The summed E-state index contributed by atoms with van der Waals surface area (Å²) in [5.74, 6) is -1.26. The van der Waals surface area contributed by atoms with Gasteiger partial charge in [-0.05, 0) is 44.5 Å². The summed E-state index contributed by atoms with van der Waals surface area (Å²) in [6.45, 7) is 8.08. The van der Waals surface area contributed by atoms with E-state index in [9.17, 15) is 8.78 Å². The summed E-state index contributed by atoms with van der Waals surface area (Å²) < 4.78 is 31.2. The molecule has 5 nitrogen and oxygen atoms in total. The molecule has 0 bridgehead atoms. The Bertz CT molecular complexity index is 1210. The molecule has 0 saturated heterocycles. The van der Waals surface area contributed by atoms with Gasteiger partial charge in [-0.25, -0.2) is 13.5 Å². The number of nitrogens with zero attached hydrogens (tertiary/aromatic N) is 4. The van der Waals surface area contributed by atoms with E-state index in [4.69, 9.17) is 0 Å². The Morgan fingerprint density at radius 3 is 2.48 bits per heavy atom. The molecular weight excluding hydrogens is 396 g/mol. The smallest absolute Gasteiger partial charge is 0.151 e. The van der Waals surface area contributed by atoms with E-state index in [0.717, 1.165) is 52.9 Å². The molecule has 2 heterocycles. The van der Waals surface area contributed by atoms with Gasteiger partial charge in [0, 0.05) is 42.2 Å². The lowest BCUT2D eigenvalue weighted by Crippen LogP contribution is -2.20. The summed E-state index contributed by atoms with van der Waals surface area (Å²) in [5.41, 5.74) is 6.12. The number of hydrogen-bond donors (Lipinski definition) is 1. The van der Waals surface area contributed by atoms with Gasteiger partial charge in [-0.1, -0.05) is 24.3 Å². The zero-order valence-electron chi connectivity index (χ0n) is 17.9. The first-order valence-corrected chi connectivity index (χ1v) is 10.2. The first-order chi connectivity index (χ1) is 14.9. The van der Waals surface area contributed by atoms with Gasteiger partial charge < -0.3 is 5.32 Å². The van der Waals surface area contributed by atoms with Gasteiger partial charge >= 0.3 is 0 Å². The van der Waals surface area contributed by atoms with E-state index in [1.807, 2.05) is 49.7 Å². The van der Waals surface area contributed by atoms with Crippen LogP contribution in [0.2, 0.25) is 0 Å². The van der Waals surface area contributed by atoms with Crippen molar-refractivity contribution in [1.82, 2.24) is 24.9 Å². The highest BCUT2D eigenvalue weighted by Crippen LogP contribution is 2.27. The van der Waals surface area contributed by atoms with Crippen molar-refractivity contribution in [3.8, 4) is 16.9 Å². The third-order valence-corrected chi connectivity index (χ3v) is 5.27. The number of rotatable bonds is 7. The Balaban J connectivity index is 1.59. The molecule has 0 saturated carbocycles. The monoisotopic (exact) mass is 421 g/mol. The van der Waals surface area contributed by atoms with Crippen LogP contribution in [0.25, 0.3) is 16.9 Å². The Morgan fingerprint density at radius 2 is 1.77 bits per heavy atom. The molecule has 0 atom stereocenters. The molecule has 1 N–H and O–H groups in total. The minimum atomic E-state index is -0.650. The van der Waals surface area contributed by atoms with Crippen LogP contribution in [-0.4, -0.2) is 26.1 Å². The minimum absolute atomic E-state index is 0.213. The molecule has 0 aliphatic carbocycles. The highest BCUT2D eigenvalue weighted by molar-refractivity contribution is 5.66. The molecule has 4 aromatic rings. The van der Waals surface area contributed by atoms with Crippen molar-refractivity contribution in [1.29, 1.82) is 0 Å². The fourth-order valence-electron chi connectivity index (χ4n) is 3.70. The second-order valence-electron chi connectivity index (χ2n) is 7.69. The summed E-state index contributed by atoms with van der Waals surface area (Å²) in [6.07, 6.45) is 1.80. The largest absolute Gasteiger partial charge is 0.311 e. The lowest BCUT2D eigenvalue weighted by molar-refractivity contribution is 0.542. The van der Waals surface area contributed by atoms with E-state index in [0.29, 0.717) is 6.54 Å². The quantitative estimate of drug-likeness (QED) is 0.439. The SMILES string of the molecule is Cc1cc(C)n(CCNCc2cn(-c3ccc(F)cc3F)nc2-c2ccccc2C)n1. The number of aryl methyl sites for hydroxylation is 3. The molecule has 160 valence electrons. The Hall–Kier alpha value is -3.32. The van der Waals surface area contributed by atoms with Crippen molar-refractivity contribution in [3.05, 3.63) is 88.9 Å². The lowest BCUT2D eigenvalue weighted by Gasteiger charge is -2.08. The zero-order valence-corrected chi connectivity index (χ0v) is 17.9. The highest BCUT2D eigenvalue weighted by atomic mass is 19.1. The van der Waals surface area contributed by atoms with Crippen LogP contribution < -0.4 is 5.32 Å². The first kappa shape index (κ1) is 20.9. The number of aromatic nitrogens is 4. The van der Waals surface area contributed by atoms with Gasteiger partial charge in [0.1, 0.15) is 11.5 Å². The standard InChI is InChI=1S/C24H25F2N5/c1-16-6-4-5-7-21(16)24-19(14-27-10-11-30-18(3)12-17(2)28-30)15-31(29-24)23-9-8-20(25)13-22(23)26/h4-9,12-13,15,27H,10-11,14H2,1-3H3. The van der Waals surface area contributed by atoms with Crippen LogP contribution in [0.1, 0.15) is 22.5 Å². The van der Waals surface area contributed by atoms with Crippen LogP contribution in [0, 0.1) is 32.4 Å². The van der Waals surface area contributed by atoms with Gasteiger partial charge in [-0.15, -0.1) is 0 Å². The summed E-state index contributed by atoms with van der Waals surface area (Å²) in [5, 5.41) is 12.6. The minimum Gasteiger partial charge on any atom is -0.311 e. The van der Waals surface area contributed by atoms with Crippen molar-refractivity contribution in [2.24, 2.45) is 0 Å². The number of benzene rings is 2. The number of halogens is 2. The third-order valence-electron chi connectivity index (χ3n) is 5.27. The van der Waals surface area contributed by atoms with Crippen LogP contribution in [0.5, 0.6) is 0 Å². The maximum Gasteiger partial charge on any atom is 0.151 e. The van der Waals surface area contributed by atoms with E-state index < -0.39 is 11.6 Å². The summed E-state index contributed by atoms with van der Waals surface area (Å²) in [7, 11) is 0. The molecular formula is C24H25F2N5. The zero-order chi connectivity index (χ0) is 22.0. The predicted molar refractivity (Wildman–Crippen MR) is 117 cm³/mol. The Kier molecular flexibility index (Phi) is 5.95. The van der Waals surface area contributed by atoms with Crippen molar-refractivity contribution < 1.29 is 8.78 Å². The van der Waals surface area contributed by atoms with Gasteiger partial charge in [0.05, 0.1) is 17.9 Å². The molecule has 0 unspecified atom stereocenters. The molecule has 2 aromatic carbocycles. The molecule has 0 fully saturated rings. The average molecular weight is 421 g/mol. The summed E-state index contributed by atoms with van der Waals surface area (Å²) in [4.78, 5) is 0. The molecule has 0 aliphatic heterocycles. The van der Waals surface area contributed by atoms with Crippen molar-refractivity contribution in [3.63, 3.8) is 0 Å². The second kappa shape index (κ2) is 8.81. The topological polar surface area (TPSA) is 47.7 Å². The maximum atomic E-state index is 14.4. The van der Waals surface area contributed by atoms with Gasteiger partial charge in [0.15, 0.2) is 5.82 Å². The Labute approximate surface area is 180 Å². The first-order valence-electron chi connectivity index (χ1n) is 10.2. The summed E-state index contributed by atoms with van der Waals surface area (Å²) >= 11 is 0. The molecule has 2 aromatic heterocycles. The van der Waals surface area contributed by atoms with Crippen molar-refractivity contribution in [2.75, 3.05) is 6.54 Å². The fourth-order valence-corrected chi connectivity index (χ4v) is 3.70. The molecule has 31 heavy (non-hydrogen) atoms. The summed E-state index contributed by atoms with van der Waals surface area (Å²) in [6, 6.07) is 13.5. The molecule has 0 spiro atoms. The van der Waals surface area contributed by atoms with Crippen LogP contribution in [0.3, 0.4) is 0 Å². The van der Waals surface area contributed by atoms with E-state index in [1.165, 1.54) is 16.8 Å². The number of hydrogen-bond acceptors (Lipinski definition) is 3. The van der Waals surface area contributed by atoms with Crippen molar-refractivity contribution >= 4 is 0 Å². The molecule has 4 rings (SSSR count). The van der Waals surface area contributed by atoms with Gasteiger partial charge in [0.2, 0.25) is 0 Å². The van der Waals surface area contributed by atoms with Crippen LogP contribution in [0.4, 0.5) is 8.78 Å². The second-order valence-corrected chi connectivity index (χ2v) is 7.69. The lowest BCUT2D eigenvalue weighted by atomic mass is 10.0. The molecule has 7 heteroatoms. The van der Waals surface area contributed by atoms with E-state index in [2.05, 4.69) is 21.6 Å². The van der Waals surface area contributed by atoms with E-state index >= 15 is 0 Å². The van der Waals surface area contributed by atoms with E-state index in [-0.39, 0.29) is 5.69 Å². The third kappa shape index (κ3) is 4.56. The van der Waals surface area contributed by atoms with Crippen LogP contribution in [0.15, 0.2) is 54.7 Å². The maximum absolute atomic E-state index is 14.4. The molecule has 0 radical (unpaired) electrons. The number of nitrogens with one attached hydrogen (secondary N) is 1. The predicted octanol–water partition coefficient (Wildman–Crippen LogP) is 4.73. The average Bonchev–Trinajstić information content (AvgIpc) is 3.28. The van der Waals surface area contributed by atoms with Crippen molar-refractivity contribution in [2.45, 2.75) is 33.9 Å². The molecule has 0 aliphatic rings. The normalized spacial score (nSPS) is 11.3. The van der Waals surface area contributed by atoms with E-state index in [1.54, 1.807) is 6.20 Å². The van der Waals surface area contributed by atoms with Crippen LogP contribution in [-0.2, 0) is 13.1 Å². The molecule has 0 amide bonds.